The third-order valence-electron chi connectivity index (χ3n) is 3.69. The lowest BCUT2D eigenvalue weighted by Crippen LogP contribution is -2.18. The summed E-state index contributed by atoms with van der Waals surface area (Å²) in [4.78, 5) is 14.8. The zero-order valence-electron chi connectivity index (χ0n) is 9.77. The molecule has 0 aliphatic heterocycles. The first kappa shape index (κ1) is 10.8. The Morgan fingerprint density at radius 1 is 1.35 bits per heavy atom. The number of nitrogens with one attached hydrogen (secondary N) is 1. The molecule has 0 bridgehead atoms. The van der Waals surface area contributed by atoms with Crippen LogP contribution in [0.2, 0.25) is 0 Å². The summed E-state index contributed by atoms with van der Waals surface area (Å²) < 4.78 is 0. The molecule has 3 rings (SSSR count). The second-order valence-corrected chi connectivity index (χ2v) is 5.11. The monoisotopic (exact) mass is 247 g/mol. The Morgan fingerprint density at radius 2 is 2.18 bits per heavy atom. The van der Waals surface area contributed by atoms with E-state index >= 15 is 0 Å². The van der Waals surface area contributed by atoms with E-state index in [0.717, 1.165) is 29.3 Å². The number of carbonyl (C=O) groups excluding carboxylic acids is 1. The number of carbonyl (C=O) groups is 1. The van der Waals surface area contributed by atoms with Crippen molar-refractivity contribution in [2.75, 3.05) is 0 Å². The molecule has 1 aromatic heterocycles. The van der Waals surface area contributed by atoms with Gasteiger partial charge >= 0.3 is 0 Å². The maximum atomic E-state index is 11.4. The Bertz CT molecular complexity index is 648. The number of H-pyrrole nitrogens is 1. The number of fused-ring (bicyclic) bond motifs is 3. The first-order valence-corrected chi connectivity index (χ1v) is 6.36. The summed E-state index contributed by atoms with van der Waals surface area (Å²) in [5.41, 5.74) is 4.37. The standard InChI is InChI=1S/C14H14ClNO/c1-8-6-13-11(7-10(8)14(15)17)9-4-2-3-5-12(9)16-13/h5-6,16H,2-4,7H2,1H3. The molecule has 0 saturated carbocycles. The van der Waals surface area contributed by atoms with Crippen LogP contribution in [0.3, 0.4) is 0 Å². The van der Waals surface area contributed by atoms with Crippen LogP contribution in [0.5, 0.6) is 0 Å². The Balaban J connectivity index is 2.22. The van der Waals surface area contributed by atoms with Gasteiger partial charge in [0.25, 0.3) is 0 Å². The number of hydrogen-bond acceptors (Lipinski definition) is 1. The van der Waals surface area contributed by atoms with Crippen molar-refractivity contribution in [2.45, 2.75) is 32.6 Å². The van der Waals surface area contributed by atoms with Crippen molar-refractivity contribution in [3.63, 3.8) is 0 Å². The van der Waals surface area contributed by atoms with Crippen molar-refractivity contribution in [2.24, 2.45) is 0 Å². The van der Waals surface area contributed by atoms with Crippen molar-refractivity contribution < 1.29 is 4.79 Å². The molecule has 0 atom stereocenters. The summed E-state index contributed by atoms with van der Waals surface area (Å²) in [7, 11) is 0. The van der Waals surface area contributed by atoms with E-state index in [2.05, 4.69) is 11.1 Å². The highest BCUT2D eigenvalue weighted by Gasteiger charge is 2.20. The quantitative estimate of drug-likeness (QED) is 0.751. The molecule has 1 aromatic rings. The number of rotatable bonds is 1. The average molecular weight is 248 g/mol. The van der Waals surface area contributed by atoms with Crippen molar-refractivity contribution in [1.29, 1.82) is 0 Å². The number of allylic oxidation sites excluding steroid dienone is 2. The zero-order valence-corrected chi connectivity index (χ0v) is 10.5. The van der Waals surface area contributed by atoms with Crippen LogP contribution < -0.4 is 10.7 Å². The van der Waals surface area contributed by atoms with Crippen LogP contribution in [0.4, 0.5) is 0 Å². The Labute approximate surface area is 105 Å². The molecule has 0 fully saturated rings. The normalized spacial score (nSPS) is 18.0. The van der Waals surface area contributed by atoms with Crippen LogP contribution >= 0.6 is 11.6 Å². The third-order valence-corrected chi connectivity index (χ3v) is 3.92. The minimum Gasteiger partial charge on any atom is -0.355 e. The number of aromatic nitrogens is 1. The maximum Gasteiger partial charge on any atom is 0.248 e. The molecule has 0 unspecified atom stereocenters. The number of aromatic amines is 1. The fourth-order valence-electron chi connectivity index (χ4n) is 2.78. The molecule has 2 nitrogen and oxygen atoms in total. The predicted octanol–water partition coefficient (Wildman–Crippen LogP) is 1.55. The summed E-state index contributed by atoms with van der Waals surface area (Å²) >= 11 is 5.63. The van der Waals surface area contributed by atoms with E-state index in [0.29, 0.717) is 6.42 Å². The van der Waals surface area contributed by atoms with Gasteiger partial charge in [0.2, 0.25) is 5.24 Å². The molecule has 0 aromatic carbocycles. The van der Waals surface area contributed by atoms with E-state index in [4.69, 9.17) is 11.6 Å². The van der Waals surface area contributed by atoms with Gasteiger partial charge in [0, 0.05) is 22.7 Å². The van der Waals surface area contributed by atoms with Crippen molar-refractivity contribution in [3.05, 3.63) is 33.0 Å². The second kappa shape index (κ2) is 3.88. The highest BCUT2D eigenvalue weighted by atomic mass is 35.5. The van der Waals surface area contributed by atoms with Crippen molar-refractivity contribution in [3.8, 4) is 0 Å². The molecule has 2 aliphatic rings. The SMILES string of the molecule is CC1=C(C(=O)Cl)Cc2c3c([nH]c2=C1)=CCCC3. The lowest BCUT2D eigenvalue weighted by atomic mass is 9.92. The van der Waals surface area contributed by atoms with Gasteiger partial charge in [-0.1, -0.05) is 6.08 Å². The highest BCUT2D eigenvalue weighted by Crippen LogP contribution is 2.21. The fourth-order valence-corrected chi connectivity index (χ4v) is 2.99. The smallest absolute Gasteiger partial charge is 0.248 e. The molecule has 0 spiro atoms. The minimum absolute atomic E-state index is 0.320. The highest BCUT2D eigenvalue weighted by molar-refractivity contribution is 6.67. The molecular weight excluding hydrogens is 234 g/mol. The minimum atomic E-state index is -0.320. The van der Waals surface area contributed by atoms with Crippen LogP contribution in [0.1, 0.15) is 30.9 Å². The van der Waals surface area contributed by atoms with E-state index in [1.165, 1.54) is 22.9 Å². The average Bonchev–Trinajstić information content (AvgIpc) is 2.64. The zero-order chi connectivity index (χ0) is 12.0. The third kappa shape index (κ3) is 1.67. The molecule has 3 heteroatoms. The summed E-state index contributed by atoms with van der Waals surface area (Å²) in [5, 5.41) is 2.08. The summed E-state index contributed by atoms with van der Waals surface area (Å²) in [6.07, 6.45) is 8.42. The first-order valence-electron chi connectivity index (χ1n) is 5.98. The molecule has 2 aliphatic carbocycles. The molecule has 88 valence electrons. The van der Waals surface area contributed by atoms with Gasteiger partial charge in [-0.2, -0.15) is 0 Å². The van der Waals surface area contributed by atoms with Crippen LogP contribution in [0.25, 0.3) is 12.2 Å². The fraction of sp³-hybridized carbons (Fsp3) is 0.357. The van der Waals surface area contributed by atoms with E-state index in [9.17, 15) is 4.79 Å². The van der Waals surface area contributed by atoms with Crippen molar-refractivity contribution >= 4 is 29.0 Å². The predicted molar refractivity (Wildman–Crippen MR) is 69.2 cm³/mol. The Morgan fingerprint density at radius 3 is 2.94 bits per heavy atom. The molecule has 1 N–H and O–H groups in total. The number of halogens is 1. The van der Waals surface area contributed by atoms with Gasteiger partial charge in [0.05, 0.1) is 0 Å². The Kier molecular flexibility index (Phi) is 2.48. The van der Waals surface area contributed by atoms with Crippen LogP contribution in [0.15, 0.2) is 11.1 Å². The molecule has 17 heavy (non-hydrogen) atoms. The first-order chi connectivity index (χ1) is 8.16. The van der Waals surface area contributed by atoms with Crippen LogP contribution in [-0.2, 0) is 17.6 Å². The topological polar surface area (TPSA) is 32.9 Å². The molecule has 0 amide bonds. The summed E-state index contributed by atoms with van der Waals surface area (Å²) in [5.74, 6) is 0. The van der Waals surface area contributed by atoms with Gasteiger partial charge in [-0.25, -0.2) is 0 Å². The molecular formula is C14H14ClNO. The molecule has 1 heterocycles. The van der Waals surface area contributed by atoms with Gasteiger partial charge in [-0.15, -0.1) is 0 Å². The van der Waals surface area contributed by atoms with Gasteiger partial charge in [0.15, 0.2) is 0 Å². The van der Waals surface area contributed by atoms with Crippen molar-refractivity contribution in [1.82, 2.24) is 4.98 Å². The van der Waals surface area contributed by atoms with Crippen LogP contribution in [0, 0.1) is 0 Å². The van der Waals surface area contributed by atoms with E-state index < -0.39 is 0 Å². The Hall–Kier alpha value is -1.28. The molecule has 0 saturated heterocycles. The number of hydrogen-bond donors (Lipinski definition) is 1. The van der Waals surface area contributed by atoms with E-state index in [1.807, 2.05) is 13.0 Å². The summed E-state index contributed by atoms with van der Waals surface area (Å²) in [6, 6.07) is 0. The lowest BCUT2D eigenvalue weighted by molar-refractivity contribution is -0.108. The lowest BCUT2D eigenvalue weighted by Gasteiger charge is -2.12. The van der Waals surface area contributed by atoms with E-state index in [-0.39, 0.29) is 5.24 Å². The summed E-state index contributed by atoms with van der Waals surface area (Å²) in [6.45, 7) is 1.95. The van der Waals surface area contributed by atoms with Gasteiger partial charge in [0.1, 0.15) is 0 Å². The maximum absolute atomic E-state index is 11.4. The van der Waals surface area contributed by atoms with Gasteiger partial charge in [-0.3, -0.25) is 4.79 Å². The largest absolute Gasteiger partial charge is 0.355 e. The van der Waals surface area contributed by atoms with Gasteiger partial charge < -0.3 is 4.98 Å². The second-order valence-electron chi connectivity index (χ2n) is 4.76. The molecule has 0 radical (unpaired) electrons. The van der Waals surface area contributed by atoms with Gasteiger partial charge in [-0.05, 0) is 60.6 Å². The van der Waals surface area contributed by atoms with E-state index in [1.54, 1.807) is 0 Å². The van der Waals surface area contributed by atoms with Crippen LogP contribution in [-0.4, -0.2) is 10.2 Å².